The minimum absolute atomic E-state index is 0.201. The van der Waals surface area contributed by atoms with Gasteiger partial charge in [-0.25, -0.2) is 0 Å². The van der Waals surface area contributed by atoms with Crippen molar-refractivity contribution in [2.45, 2.75) is 20.8 Å². The number of likely N-dealkylation sites (N-methyl/N-ethyl adjacent to an activating group) is 1. The van der Waals surface area contributed by atoms with E-state index in [1.165, 1.54) is 20.0 Å². The van der Waals surface area contributed by atoms with Gasteiger partial charge in [-0.15, -0.1) is 0 Å². The number of allylic oxidation sites excluding steroid dienone is 1. The lowest BCUT2D eigenvalue weighted by Crippen LogP contribution is -2.41. The van der Waals surface area contributed by atoms with Crippen molar-refractivity contribution in [1.82, 2.24) is 4.90 Å². The van der Waals surface area contributed by atoms with Gasteiger partial charge in [-0.1, -0.05) is 29.8 Å². The molecule has 0 fully saturated rings. The van der Waals surface area contributed by atoms with Gasteiger partial charge in [-0.05, 0) is 33.0 Å². The molecule has 29 heavy (non-hydrogen) atoms. The van der Waals surface area contributed by atoms with Crippen LogP contribution in [0.5, 0.6) is 0 Å². The van der Waals surface area contributed by atoms with Crippen LogP contribution in [0.25, 0.3) is 5.57 Å². The molecule has 0 bridgehead atoms. The third-order valence-electron chi connectivity index (χ3n) is 4.04. The molecule has 1 aromatic rings. The van der Waals surface area contributed by atoms with Crippen molar-refractivity contribution >= 4 is 40.7 Å². The van der Waals surface area contributed by atoms with Crippen LogP contribution in [0.3, 0.4) is 0 Å². The number of amidine groups is 2. The first-order valence-corrected chi connectivity index (χ1v) is 9.23. The van der Waals surface area contributed by atoms with E-state index in [4.69, 9.17) is 17.0 Å². The van der Waals surface area contributed by atoms with Crippen molar-refractivity contribution in [2.75, 3.05) is 20.6 Å². The second-order valence-corrected chi connectivity index (χ2v) is 6.06. The molecule has 3 N–H and O–H groups in total. The average molecular weight is 422 g/mol. The van der Waals surface area contributed by atoms with Crippen molar-refractivity contribution in [1.29, 1.82) is 5.41 Å². The van der Waals surface area contributed by atoms with Crippen LogP contribution in [0.1, 0.15) is 31.9 Å². The van der Waals surface area contributed by atoms with Crippen molar-refractivity contribution < 1.29 is 14.3 Å². The summed E-state index contributed by atoms with van der Waals surface area (Å²) in [7, 11) is 3.14. The van der Waals surface area contributed by atoms with Gasteiger partial charge >= 0.3 is 0 Å². The molecular formula is C20H25ClFN5O2. The summed E-state index contributed by atoms with van der Waals surface area (Å²) in [5, 5.41) is 8.17. The summed E-state index contributed by atoms with van der Waals surface area (Å²) in [6, 6.07) is 4.76. The highest BCUT2D eigenvalue weighted by molar-refractivity contribution is 6.37. The predicted octanol–water partition coefficient (Wildman–Crippen LogP) is 3.78. The van der Waals surface area contributed by atoms with Gasteiger partial charge in [-0.3, -0.25) is 25.0 Å². The first-order chi connectivity index (χ1) is 13.9. The van der Waals surface area contributed by atoms with Crippen LogP contribution >= 0.6 is 11.6 Å². The number of benzene rings is 1. The number of nitrogens with one attached hydrogen (secondary N) is 1. The Morgan fingerprint density at radius 1 is 1.41 bits per heavy atom. The normalized spacial score (nSPS) is 17.1. The molecule has 0 saturated carbocycles. The zero-order valence-electron chi connectivity index (χ0n) is 17.1. The maximum Gasteiger partial charge on any atom is 0.260 e. The van der Waals surface area contributed by atoms with Crippen molar-refractivity contribution in [3.05, 3.63) is 52.1 Å². The van der Waals surface area contributed by atoms with E-state index in [0.717, 1.165) is 5.57 Å². The molecule has 0 saturated heterocycles. The number of amides is 1. The van der Waals surface area contributed by atoms with E-state index < -0.39 is 0 Å². The van der Waals surface area contributed by atoms with Crippen molar-refractivity contribution in [3.63, 3.8) is 0 Å². The van der Waals surface area contributed by atoms with Gasteiger partial charge in [0, 0.05) is 52.3 Å². The van der Waals surface area contributed by atoms with Crippen LogP contribution in [-0.2, 0) is 9.74 Å². The molecule has 0 atom stereocenters. The van der Waals surface area contributed by atoms with Gasteiger partial charge in [0.2, 0.25) is 5.90 Å². The molecule has 0 aliphatic carbocycles. The number of hydrogen-bond acceptors (Lipinski definition) is 5. The fraction of sp³-hybridized carbons (Fsp3) is 0.300. The molecule has 7 nitrogen and oxygen atoms in total. The summed E-state index contributed by atoms with van der Waals surface area (Å²) < 4.78 is 12.1. The second kappa shape index (κ2) is 11.2. The number of aliphatic imine (C=N–C) groups is 2. The molecule has 2 rings (SSSR count). The Hall–Kier alpha value is -2.84. The topological polar surface area (TPSA) is 104 Å². The molecule has 156 valence electrons. The number of halogens is 2. The van der Waals surface area contributed by atoms with Crippen LogP contribution < -0.4 is 5.73 Å². The summed E-state index contributed by atoms with van der Waals surface area (Å²) in [5.74, 6) is -0.0761. The molecular weight excluding hydrogens is 397 g/mol. The molecule has 1 aliphatic rings. The van der Waals surface area contributed by atoms with Crippen LogP contribution in [-0.4, -0.2) is 49.0 Å². The number of carbonyl (C=O) groups is 1. The first kappa shape index (κ1) is 24.2. The molecule has 1 amide bonds. The number of carbonyl (C=O) groups excluding carboxylic acids is 1. The minimum Gasteiger partial charge on any atom is -0.333 e. The van der Waals surface area contributed by atoms with E-state index in [1.807, 2.05) is 19.9 Å². The number of nitrogens with two attached hydrogens (primary N) is 1. The Kier molecular flexibility index (Phi) is 9.37. The number of rotatable bonds is 3. The predicted molar refractivity (Wildman–Crippen MR) is 116 cm³/mol. The summed E-state index contributed by atoms with van der Waals surface area (Å²) >= 11 is 6.38. The van der Waals surface area contributed by atoms with E-state index in [0.29, 0.717) is 29.1 Å². The lowest BCUT2D eigenvalue weighted by atomic mass is 9.95. The average Bonchev–Trinajstić information content (AvgIpc) is 2.74. The van der Waals surface area contributed by atoms with Crippen molar-refractivity contribution in [2.24, 2.45) is 15.7 Å². The lowest BCUT2D eigenvalue weighted by Gasteiger charge is -2.29. The summed E-state index contributed by atoms with van der Waals surface area (Å²) in [6.07, 6.45) is 3.63. The van der Waals surface area contributed by atoms with Gasteiger partial charge in [0.25, 0.3) is 5.91 Å². The van der Waals surface area contributed by atoms with Crippen LogP contribution in [0, 0.1) is 5.41 Å². The van der Waals surface area contributed by atoms with Gasteiger partial charge < -0.3 is 5.73 Å². The Morgan fingerprint density at radius 2 is 2.07 bits per heavy atom. The second-order valence-electron chi connectivity index (χ2n) is 5.65. The third-order valence-corrected chi connectivity index (χ3v) is 4.35. The Morgan fingerprint density at radius 3 is 2.55 bits per heavy atom. The molecule has 0 unspecified atom stereocenters. The van der Waals surface area contributed by atoms with Gasteiger partial charge in [0.15, 0.2) is 5.84 Å². The standard InChI is InChI=1S/C19H20ClFN4O2.CH5N/c1-5-12-9-15(19(26)25(6-2)18(12)23-4)14-8-7-13(10-16(14)20)17(22)24-11(3)27-21;1-2/h5,7-10,22H,6H2,1-4H3;2H2,1H3/b12-5-,22-17?,23-18?,24-11?;. The molecule has 0 spiro atoms. The Bertz CT molecular complexity index is 906. The molecule has 1 aromatic carbocycles. The van der Waals surface area contributed by atoms with Crippen molar-refractivity contribution in [3.8, 4) is 0 Å². The zero-order valence-corrected chi connectivity index (χ0v) is 17.8. The SMILES string of the molecule is C/C=C1/C=C(c2ccc(C(=N)N=C(C)OF)cc2Cl)C(=O)N(CC)C1=NC.CN. The van der Waals surface area contributed by atoms with Gasteiger partial charge in [-0.2, -0.15) is 4.99 Å². The van der Waals surface area contributed by atoms with E-state index in [9.17, 15) is 9.32 Å². The number of nitrogens with zero attached hydrogens (tertiary/aromatic N) is 3. The molecule has 0 aromatic heterocycles. The Balaban J connectivity index is 0.00000204. The first-order valence-electron chi connectivity index (χ1n) is 8.85. The van der Waals surface area contributed by atoms with Crippen LogP contribution in [0.15, 0.2) is 45.9 Å². The molecule has 0 radical (unpaired) electrons. The fourth-order valence-corrected chi connectivity index (χ4v) is 3.03. The maximum absolute atomic E-state index is 12.9. The summed E-state index contributed by atoms with van der Waals surface area (Å²) in [6.45, 7) is 5.51. The molecule has 9 heteroatoms. The quantitative estimate of drug-likeness (QED) is 0.573. The van der Waals surface area contributed by atoms with Crippen LogP contribution in [0.2, 0.25) is 5.02 Å². The maximum atomic E-state index is 12.9. The summed E-state index contributed by atoms with van der Waals surface area (Å²) in [4.78, 5) is 25.9. The fourth-order valence-electron chi connectivity index (χ4n) is 2.75. The monoisotopic (exact) mass is 421 g/mol. The Labute approximate surface area is 174 Å². The van der Waals surface area contributed by atoms with E-state index in [2.05, 4.69) is 20.7 Å². The van der Waals surface area contributed by atoms with E-state index in [-0.39, 0.29) is 22.7 Å². The molecule has 1 heterocycles. The molecule has 1 aliphatic heterocycles. The van der Waals surface area contributed by atoms with Gasteiger partial charge in [0.05, 0.1) is 0 Å². The largest absolute Gasteiger partial charge is 0.333 e. The van der Waals surface area contributed by atoms with E-state index >= 15 is 0 Å². The number of hydrogen-bond donors (Lipinski definition) is 2. The summed E-state index contributed by atoms with van der Waals surface area (Å²) in [5.41, 5.74) is 6.67. The highest BCUT2D eigenvalue weighted by atomic mass is 35.5. The minimum atomic E-state index is -0.284. The van der Waals surface area contributed by atoms with Gasteiger partial charge in [0.1, 0.15) is 5.84 Å². The zero-order chi connectivity index (χ0) is 22.1. The lowest BCUT2D eigenvalue weighted by molar-refractivity contribution is -0.121. The smallest absolute Gasteiger partial charge is 0.260 e. The third kappa shape index (κ3) is 5.36. The highest BCUT2D eigenvalue weighted by Gasteiger charge is 2.30. The van der Waals surface area contributed by atoms with Crippen LogP contribution in [0.4, 0.5) is 4.53 Å². The highest BCUT2D eigenvalue weighted by Crippen LogP contribution is 2.31. The van der Waals surface area contributed by atoms with E-state index in [1.54, 1.807) is 30.2 Å².